The molecule has 0 saturated heterocycles. The van der Waals surface area contributed by atoms with Crippen LogP contribution < -0.4 is 5.32 Å². The monoisotopic (exact) mass is 353 g/mol. The molecule has 0 radical (unpaired) electrons. The number of pyridine rings is 2. The van der Waals surface area contributed by atoms with Crippen LogP contribution in [0.25, 0.3) is 16.8 Å². The van der Waals surface area contributed by atoms with Gasteiger partial charge in [-0.15, -0.1) is 0 Å². The van der Waals surface area contributed by atoms with Gasteiger partial charge in [-0.3, -0.25) is 4.98 Å². The first-order valence-electron chi connectivity index (χ1n) is 9.42. The number of allylic oxidation sites excluding steroid dienone is 1. The third kappa shape index (κ3) is 4.13. The highest BCUT2D eigenvalue weighted by atomic mass is 16.2. The topological polar surface area (TPSA) is 58.0 Å². The first-order valence-corrected chi connectivity index (χ1v) is 9.42. The van der Waals surface area contributed by atoms with E-state index in [1.165, 1.54) is 5.56 Å². The SMILES string of the molecule is C/C=C(/CCO)c1cc(CC)c(-c2ccc(C(C)C)nc2NC)nc1C. The molecule has 0 unspecified atom stereocenters. The minimum atomic E-state index is 0.146. The largest absolute Gasteiger partial charge is 0.396 e. The molecule has 2 N–H and O–H groups in total. The van der Waals surface area contributed by atoms with E-state index < -0.39 is 0 Å². The molecule has 0 aliphatic carbocycles. The van der Waals surface area contributed by atoms with Crippen LogP contribution in [0.15, 0.2) is 24.3 Å². The van der Waals surface area contributed by atoms with E-state index in [2.05, 4.69) is 50.4 Å². The third-order valence-electron chi connectivity index (χ3n) is 4.75. The molecule has 2 aromatic heterocycles. The second kappa shape index (κ2) is 8.95. The van der Waals surface area contributed by atoms with Crippen LogP contribution >= 0.6 is 0 Å². The summed E-state index contributed by atoms with van der Waals surface area (Å²) in [6, 6.07) is 6.44. The maximum Gasteiger partial charge on any atom is 0.135 e. The molecule has 0 bridgehead atoms. The summed E-state index contributed by atoms with van der Waals surface area (Å²) in [4.78, 5) is 9.73. The summed E-state index contributed by atoms with van der Waals surface area (Å²) in [6.45, 7) is 10.6. The van der Waals surface area contributed by atoms with Crippen molar-refractivity contribution in [3.63, 3.8) is 0 Å². The van der Waals surface area contributed by atoms with Gasteiger partial charge in [-0.25, -0.2) is 4.98 Å². The lowest BCUT2D eigenvalue weighted by atomic mass is 9.95. The van der Waals surface area contributed by atoms with Crippen molar-refractivity contribution < 1.29 is 5.11 Å². The van der Waals surface area contributed by atoms with Crippen LogP contribution in [-0.2, 0) is 6.42 Å². The fraction of sp³-hybridized carbons (Fsp3) is 0.455. The van der Waals surface area contributed by atoms with Crippen molar-refractivity contribution in [1.29, 1.82) is 0 Å². The Morgan fingerprint density at radius 3 is 2.54 bits per heavy atom. The number of nitrogens with zero attached hydrogens (tertiary/aromatic N) is 2. The molecular formula is C22H31N3O. The number of hydrogen-bond acceptors (Lipinski definition) is 4. The van der Waals surface area contributed by atoms with Crippen molar-refractivity contribution in [2.24, 2.45) is 0 Å². The Balaban J connectivity index is 2.62. The number of hydrogen-bond donors (Lipinski definition) is 2. The lowest BCUT2D eigenvalue weighted by Gasteiger charge is -2.17. The van der Waals surface area contributed by atoms with E-state index in [9.17, 15) is 5.11 Å². The molecule has 0 saturated carbocycles. The number of aromatic nitrogens is 2. The predicted octanol–water partition coefficient (Wildman–Crippen LogP) is 4.97. The maximum absolute atomic E-state index is 9.34. The number of anilines is 1. The number of aryl methyl sites for hydroxylation is 2. The number of rotatable bonds is 7. The highest BCUT2D eigenvalue weighted by Crippen LogP contribution is 2.33. The van der Waals surface area contributed by atoms with E-state index in [4.69, 9.17) is 9.97 Å². The number of nitrogens with one attached hydrogen (secondary N) is 1. The molecule has 140 valence electrons. The predicted molar refractivity (Wildman–Crippen MR) is 111 cm³/mol. The van der Waals surface area contributed by atoms with Crippen molar-refractivity contribution in [3.8, 4) is 11.3 Å². The molecule has 0 atom stereocenters. The molecule has 2 heterocycles. The molecule has 0 fully saturated rings. The molecule has 0 aromatic carbocycles. The van der Waals surface area contributed by atoms with Gasteiger partial charge in [0.25, 0.3) is 0 Å². The maximum atomic E-state index is 9.34. The van der Waals surface area contributed by atoms with Gasteiger partial charge in [-0.05, 0) is 67.5 Å². The second-order valence-electron chi connectivity index (χ2n) is 6.81. The van der Waals surface area contributed by atoms with Crippen molar-refractivity contribution in [3.05, 3.63) is 46.8 Å². The third-order valence-corrected chi connectivity index (χ3v) is 4.75. The van der Waals surface area contributed by atoms with Gasteiger partial charge in [0.1, 0.15) is 5.82 Å². The molecule has 4 nitrogen and oxygen atoms in total. The van der Waals surface area contributed by atoms with Crippen molar-refractivity contribution in [2.45, 2.75) is 53.4 Å². The zero-order chi connectivity index (χ0) is 19.3. The molecule has 2 aromatic rings. The minimum absolute atomic E-state index is 0.146. The smallest absolute Gasteiger partial charge is 0.135 e. The lowest BCUT2D eigenvalue weighted by Crippen LogP contribution is -2.05. The van der Waals surface area contributed by atoms with E-state index >= 15 is 0 Å². The quantitative estimate of drug-likeness (QED) is 0.738. The van der Waals surface area contributed by atoms with Gasteiger partial charge in [0.2, 0.25) is 0 Å². The van der Waals surface area contributed by atoms with E-state index in [1.54, 1.807) is 0 Å². The Hall–Kier alpha value is -2.20. The highest BCUT2D eigenvalue weighted by molar-refractivity contribution is 5.77. The molecule has 0 aliphatic heterocycles. The second-order valence-corrected chi connectivity index (χ2v) is 6.81. The van der Waals surface area contributed by atoms with Gasteiger partial charge in [-0.2, -0.15) is 0 Å². The van der Waals surface area contributed by atoms with Crippen molar-refractivity contribution >= 4 is 11.4 Å². The van der Waals surface area contributed by atoms with E-state index in [-0.39, 0.29) is 6.61 Å². The summed E-state index contributed by atoms with van der Waals surface area (Å²) >= 11 is 0. The molecule has 0 aliphatic rings. The fourth-order valence-corrected chi connectivity index (χ4v) is 3.21. The normalized spacial score (nSPS) is 11.9. The molecular weight excluding hydrogens is 322 g/mol. The first-order chi connectivity index (χ1) is 12.5. The number of aliphatic hydroxyl groups is 1. The van der Waals surface area contributed by atoms with Crippen molar-refractivity contribution in [1.82, 2.24) is 9.97 Å². The Morgan fingerprint density at radius 2 is 2.00 bits per heavy atom. The average molecular weight is 354 g/mol. The van der Waals surface area contributed by atoms with Crippen LogP contribution in [0.4, 0.5) is 5.82 Å². The standard InChI is InChI=1S/C22H31N3O/c1-7-16(11-12-26)19-13-17(8-2)21(24-15(19)5)18-9-10-20(14(3)4)25-22(18)23-6/h7,9-10,13-14,26H,8,11-12H2,1-6H3,(H,23,25)/b16-7-. The van der Waals surface area contributed by atoms with Gasteiger partial charge in [0.05, 0.1) is 5.69 Å². The lowest BCUT2D eigenvalue weighted by molar-refractivity contribution is 0.305. The summed E-state index contributed by atoms with van der Waals surface area (Å²) < 4.78 is 0. The van der Waals surface area contributed by atoms with E-state index in [0.717, 1.165) is 46.0 Å². The van der Waals surface area contributed by atoms with E-state index in [0.29, 0.717) is 12.3 Å². The molecule has 0 amide bonds. The van der Waals surface area contributed by atoms with Gasteiger partial charge in [-0.1, -0.05) is 26.8 Å². The van der Waals surface area contributed by atoms with Crippen LogP contribution in [0.5, 0.6) is 0 Å². The van der Waals surface area contributed by atoms with E-state index in [1.807, 2.05) is 20.9 Å². The van der Waals surface area contributed by atoms with Gasteiger partial charge in [0.15, 0.2) is 0 Å². The van der Waals surface area contributed by atoms with Crippen molar-refractivity contribution in [2.75, 3.05) is 19.0 Å². The Kier molecular flexibility index (Phi) is 6.92. The molecule has 2 rings (SSSR count). The van der Waals surface area contributed by atoms with Crippen LogP contribution in [-0.4, -0.2) is 28.7 Å². The summed E-state index contributed by atoms with van der Waals surface area (Å²) in [6.07, 6.45) is 3.60. The summed E-state index contributed by atoms with van der Waals surface area (Å²) in [5.41, 5.74) is 7.53. The molecule has 0 spiro atoms. The average Bonchev–Trinajstić information content (AvgIpc) is 2.65. The highest BCUT2D eigenvalue weighted by Gasteiger charge is 2.16. The molecule has 26 heavy (non-hydrogen) atoms. The summed E-state index contributed by atoms with van der Waals surface area (Å²) in [5, 5.41) is 12.6. The summed E-state index contributed by atoms with van der Waals surface area (Å²) in [7, 11) is 1.90. The van der Waals surface area contributed by atoms with Crippen LogP contribution in [0.3, 0.4) is 0 Å². The minimum Gasteiger partial charge on any atom is -0.396 e. The van der Waals surface area contributed by atoms with Crippen LogP contribution in [0.1, 0.15) is 62.5 Å². The van der Waals surface area contributed by atoms with Crippen LogP contribution in [0.2, 0.25) is 0 Å². The fourth-order valence-electron chi connectivity index (χ4n) is 3.21. The number of aliphatic hydroxyl groups excluding tert-OH is 1. The van der Waals surface area contributed by atoms with Gasteiger partial charge in [0, 0.05) is 30.6 Å². The van der Waals surface area contributed by atoms with Gasteiger partial charge < -0.3 is 10.4 Å². The Labute approximate surface area is 157 Å². The summed E-state index contributed by atoms with van der Waals surface area (Å²) in [5.74, 6) is 1.25. The Morgan fingerprint density at radius 1 is 1.27 bits per heavy atom. The zero-order valence-electron chi connectivity index (χ0n) is 16.8. The van der Waals surface area contributed by atoms with Crippen LogP contribution in [0, 0.1) is 6.92 Å². The first kappa shape index (κ1) is 20.1. The van der Waals surface area contributed by atoms with Gasteiger partial charge >= 0.3 is 0 Å². The zero-order valence-corrected chi connectivity index (χ0v) is 16.8. The Bertz CT molecular complexity index is 794. The molecule has 4 heteroatoms.